The summed E-state index contributed by atoms with van der Waals surface area (Å²) >= 11 is 0. The number of hydrogen-bond donors (Lipinski definition) is 2. The van der Waals surface area contributed by atoms with Crippen LogP contribution in [0.4, 0.5) is 0 Å². The van der Waals surface area contributed by atoms with Gasteiger partial charge in [0.25, 0.3) is 0 Å². The highest BCUT2D eigenvalue weighted by Gasteiger charge is 2.12. The lowest BCUT2D eigenvalue weighted by molar-refractivity contribution is 0.189. The largest absolute Gasteiger partial charge is 0.491 e. The Bertz CT molecular complexity index is 252. The molecular formula is C7H13BN2O3. The van der Waals surface area contributed by atoms with E-state index in [4.69, 9.17) is 14.8 Å². The minimum Gasteiger partial charge on any atom is -0.423 e. The SMILES string of the molecule is COCCCn1cc(B(O)O)cn1. The molecule has 6 heteroatoms. The molecule has 0 saturated carbocycles. The van der Waals surface area contributed by atoms with E-state index in [1.54, 1.807) is 18.0 Å². The fourth-order valence-corrected chi connectivity index (χ4v) is 1.01. The number of nitrogens with zero attached hydrogens (tertiary/aromatic N) is 2. The van der Waals surface area contributed by atoms with E-state index in [0.717, 1.165) is 13.0 Å². The predicted molar refractivity (Wildman–Crippen MR) is 48.5 cm³/mol. The van der Waals surface area contributed by atoms with Gasteiger partial charge in [-0.3, -0.25) is 4.68 Å². The van der Waals surface area contributed by atoms with Gasteiger partial charge in [-0.1, -0.05) is 0 Å². The molecule has 0 aliphatic rings. The van der Waals surface area contributed by atoms with Crippen LogP contribution in [0.25, 0.3) is 0 Å². The topological polar surface area (TPSA) is 67.5 Å². The van der Waals surface area contributed by atoms with Crippen molar-refractivity contribution in [1.29, 1.82) is 0 Å². The molecule has 0 saturated heterocycles. The lowest BCUT2D eigenvalue weighted by Crippen LogP contribution is -2.28. The second-order valence-corrected chi connectivity index (χ2v) is 2.76. The summed E-state index contributed by atoms with van der Waals surface area (Å²) in [5.41, 5.74) is 0.414. The lowest BCUT2D eigenvalue weighted by Gasteiger charge is -1.99. The first-order valence-electron chi connectivity index (χ1n) is 4.11. The maximum absolute atomic E-state index is 8.79. The van der Waals surface area contributed by atoms with Gasteiger partial charge >= 0.3 is 7.12 Å². The van der Waals surface area contributed by atoms with E-state index >= 15 is 0 Å². The van der Waals surface area contributed by atoms with Crippen molar-refractivity contribution in [1.82, 2.24) is 9.78 Å². The first-order valence-corrected chi connectivity index (χ1v) is 4.11. The van der Waals surface area contributed by atoms with Crippen molar-refractivity contribution in [2.75, 3.05) is 13.7 Å². The normalized spacial score (nSPS) is 10.4. The monoisotopic (exact) mass is 184 g/mol. The summed E-state index contributed by atoms with van der Waals surface area (Å²) in [5, 5.41) is 21.5. The molecule has 0 amide bonds. The molecule has 1 rings (SSSR count). The van der Waals surface area contributed by atoms with E-state index in [9.17, 15) is 0 Å². The summed E-state index contributed by atoms with van der Waals surface area (Å²) in [6.07, 6.45) is 3.91. The van der Waals surface area contributed by atoms with Gasteiger partial charge in [0.15, 0.2) is 0 Å². The average molecular weight is 184 g/mol. The number of rotatable bonds is 5. The molecule has 1 aromatic rings. The predicted octanol–water partition coefficient (Wildman–Crippen LogP) is -1.40. The Labute approximate surface area is 77.1 Å². The fraction of sp³-hybridized carbons (Fsp3) is 0.571. The molecule has 5 nitrogen and oxygen atoms in total. The summed E-state index contributed by atoms with van der Waals surface area (Å²) in [4.78, 5) is 0. The standard InChI is InChI=1S/C7H13BN2O3/c1-13-4-2-3-10-6-7(5-9-10)8(11)12/h5-6,11-12H,2-4H2,1H3. The van der Waals surface area contributed by atoms with Crippen LogP contribution in [0.3, 0.4) is 0 Å². The van der Waals surface area contributed by atoms with Gasteiger partial charge in [-0.2, -0.15) is 5.10 Å². The zero-order valence-corrected chi connectivity index (χ0v) is 7.55. The highest BCUT2D eigenvalue weighted by atomic mass is 16.5. The summed E-state index contributed by atoms with van der Waals surface area (Å²) in [6, 6.07) is 0. The molecule has 0 bridgehead atoms. The molecular weight excluding hydrogens is 171 g/mol. The molecule has 1 aromatic heterocycles. The maximum Gasteiger partial charge on any atom is 0.491 e. The first kappa shape index (κ1) is 10.2. The Morgan fingerprint density at radius 2 is 2.38 bits per heavy atom. The first-order chi connectivity index (χ1) is 6.24. The maximum atomic E-state index is 8.79. The van der Waals surface area contributed by atoms with Crippen molar-refractivity contribution in [2.24, 2.45) is 0 Å². The molecule has 0 aliphatic heterocycles. The second-order valence-electron chi connectivity index (χ2n) is 2.76. The van der Waals surface area contributed by atoms with Crippen molar-refractivity contribution in [3.63, 3.8) is 0 Å². The molecule has 0 spiro atoms. The molecule has 0 aliphatic carbocycles. The van der Waals surface area contributed by atoms with Crippen LogP contribution in [-0.2, 0) is 11.3 Å². The van der Waals surface area contributed by atoms with E-state index in [-0.39, 0.29) is 0 Å². The molecule has 0 aromatic carbocycles. The molecule has 0 atom stereocenters. The molecule has 0 fully saturated rings. The van der Waals surface area contributed by atoms with Crippen molar-refractivity contribution in [2.45, 2.75) is 13.0 Å². The smallest absolute Gasteiger partial charge is 0.423 e. The molecule has 1 heterocycles. The molecule has 0 unspecified atom stereocenters. The van der Waals surface area contributed by atoms with Crippen LogP contribution in [0.2, 0.25) is 0 Å². The fourth-order valence-electron chi connectivity index (χ4n) is 1.01. The third-order valence-corrected chi connectivity index (χ3v) is 1.69. The van der Waals surface area contributed by atoms with E-state index in [1.165, 1.54) is 6.20 Å². The van der Waals surface area contributed by atoms with Crippen molar-refractivity contribution in [3.05, 3.63) is 12.4 Å². The van der Waals surface area contributed by atoms with Crippen LogP contribution in [-0.4, -0.2) is 40.7 Å². The Morgan fingerprint density at radius 1 is 1.62 bits per heavy atom. The van der Waals surface area contributed by atoms with Crippen molar-refractivity contribution >= 4 is 12.6 Å². The number of ether oxygens (including phenoxy) is 1. The molecule has 2 N–H and O–H groups in total. The van der Waals surface area contributed by atoms with E-state index in [0.29, 0.717) is 12.1 Å². The van der Waals surface area contributed by atoms with Crippen molar-refractivity contribution in [3.8, 4) is 0 Å². The van der Waals surface area contributed by atoms with Gasteiger partial charge in [-0.05, 0) is 6.42 Å². The number of hydrogen-bond acceptors (Lipinski definition) is 4. The Kier molecular flexibility index (Phi) is 3.94. The zero-order chi connectivity index (χ0) is 9.68. The van der Waals surface area contributed by atoms with Gasteiger partial charge in [0.1, 0.15) is 0 Å². The van der Waals surface area contributed by atoms with E-state index in [2.05, 4.69) is 5.10 Å². The molecule has 72 valence electrons. The zero-order valence-electron chi connectivity index (χ0n) is 7.55. The molecule has 13 heavy (non-hydrogen) atoms. The summed E-state index contributed by atoms with van der Waals surface area (Å²) < 4.78 is 6.54. The third-order valence-electron chi connectivity index (χ3n) is 1.69. The van der Waals surface area contributed by atoms with Gasteiger partial charge in [-0.15, -0.1) is 0 Å². The number of methoxy groups -OCH3 is 1. The van der Waals surface area contributed by atoms with Crippen LogP contribution < -0.4 is 5.46 Å². The van der Waals surface area contributed by atoms with Crippen LogP contribution >= 0.6 is 0 Å². The lowest BCUT2D eigenvalue weighted by atomic mass is 9.83. The number of aryl methyl sites for hydroxylation is 1. The van der Waals surface area contributed by atoms with Gasteiger partial charge in [0.05, 0.1) is 0 Å². The van der Waals surface area contributed by atoms with Gasteiger partial charge < -0.3 is 14.8 Å². The van der Waals surface area contributed by atoms with E-state index in [1.807, 2.05) is 0 Å². The van der Waals surface area contributed by atoms with Crippen LogP contribution in [0.5, 0.6) is 0 Å². The van der Waals surface area contributed by atoms with Gasteiger partial charge in [-0.25, -0.2) is 0 Å². The summed E-state index contributed by atoms with van der Waals surface area (Å²) in [5.74, 6) is 0. The van der Waals surface area contributed by atoms with Crippen LogP contribution in [0.15, 0.2) is 12.4 Å². The minimum atomic E-state index is -1.43. The Morgan fingerprint density at radius 3 is 2.92 bits per heavy atom. The van der Waals surface area contributed by atoms with Gasteiger partial charge in [0, 0.05) is 38.1 Å². The highest BCUT2D eigenvalue weighted by molar-refractivity contribution is 6.58. The van der Waals surface area contributed by atoms with Crippen LogP contribution in [0, 0.1) is 0 Å². The average Bonchev–Trinajstić information content (AvgIpc) is 2.53. The van der Waals surface area contributed by atoms with E-state index < -0.39 is 7.12 Å². The highest BCUT2D eigenvalue weighted by Crippen LogP contribution is 1.88. The second kappa shape index (κ2) is 5.01. The minimum absolute atomic E-state index is 0.414. The summed E-state index contributed by atoms with van der Waals surface area (Å²) in [6.45, 7) is 1.40. The van der Waals surface area contributed by atoms with Crippen molar-refractivity contribution < 1.29 is 14.8 Å². The van der Waals surface area contributed by atoms with Gasteiger partial charge in [0.2, 0.25) is 0 Å². The number of aromatic nitrogens is 2. The molecule has 0 radical (unpaired) electrons. The summed E-state index contributed by atoms with van der Waals surface area (Å²) in [7, 11) is 0.211. The Hall–Kier alpha value is -0.845. The quantitative estimate of drug-likeness (QED) is 0.436. The Balaban J connectivity index is 2.40. The third kappa shape index (κ3) is 3.18. The van der Waals surface area contributed by atoms with Crippen LogP contribution in [0.1, 0.15) is 6.42 Å².